The predicted molar refractivity (Wildman–Crippen MR) is 90.2 cm³/mol. The van der Waals surface area contributed by atoms with Gasteiger partial charge >= 0.3 is 0 Å². The molecule has 24 heavy (non-hydrogen) atoms. The maximum Gasteiger partial charge on any atom is 0.230 e. The minimum atomic E-state index is -0.131. The molecule has 0 unspecified atom stereocenters. The van der Waals surface area contributed by atoms with Gasteiger partial charge in [0.1, 0.15) is 5.69 Å². The van der Waals surface area contributed by atoms with Gasteiger partial charge in [-0.2, -0.15) is 0 Å². The highest BCUT2D eigenvalue weighted by Gasteiger charge is 2.14. The summed E-state index contributed by atoms with van der Waals surface area (Å²) in [5.41, 5.74) is 1.43. The van der Waals surface area contributed by atoms with Gasteiger partial charge in [0.25, 0.3) is 0 Å². The molecule has 3 heterocycles. The minimum absolute atomic E-state index is 0.131. The number of nitrogens with one attached hydrogen (secondary N) is 1. The third-order valence-corrected chi connectivity index (χ3v) is 4.03. The molecule has 0 aromatic carbocycles. The molecular formula is C15H15N7OS. The number of thioether (sulfide) groups is 1. The van der Waals surface area contributed by atoms with Gasteiger partial charge in [-0.25, -0.2) is 4.68 Å². The van der Waals surface area contributed by atoms with E-state index in [0.717, 1.165) is 5.69 Å². The smallest absolute Gasteiger partial charge is 0.230 e. The Morgan fingerprint density at radius 3 is 2.62 bits per heavy atom. The fourth-order valence-corrected chi connectivity index (χ4v) is 2.60. The number of rotatable bonds is 6. The van der Waals surface area contributed by atoms with Crippen molar-refractivity contribution in [2.75, 3.05) is 11.6 Å². The second kappa shape index (κ2) is 7.55. The fraction of sp³-hybridized carbons (Fsp3) is 0.133. The SMILES string of the molecule is Nn1c(SCC(=O)NCc2ccccn2)nnc1-c1ccccn1. The molecule has 122 valence electrons. The molecular weight excluding hydrogens is 326 g/mol. The Hall–Kier alpha value is -2.94. The van der Waals surface area contributed by atoms with Gasteiger partial charge in [-0.05, 0) is 24.3 Å². The van der Waals surface area contributed by atoms with E-state index in [2.05, 4.69) is 25.5 Å². The molecule has 0 aliphatic rings. The summed E-state index contributed by atoms with van der Waals surface area (Å²) in [5, 5.41) is 11.3. The van der Waals surface area contributed by atoms with E-state index in [9.17, 15) is 4.79 Å². The van der Waals surface area contributed by atoms with Gasteiger partial charge in [0.05, 0.1) is 18.0 Å². The number of aromatic nitrogens is 5. The Morgan fingerprint density at radius 1 is 1.12 bits per heavy atom. The molecule has 3 aromatic rings. The lowest BCUT2D eigenvalue weighted by atomic mass is 10.3. The average molecular weight is 341 g/mol. The summed E-state index contributed by atoms with van der Waals surface area (Å²) in [5.74, 6) is 6.48. The summed E-state index contributed by atoms with van der Waals surface area (Å²) in [4.78, 5) is 20.2. The second-order valence-corrected chi connectivity index (χ2v) is 5.72. The van der Waals surface area contributed by atoms with Crippen LogP contribution < -0.4 is 11.2 Å². The van der Waals surface area contributed by atoms with E-state index < -0.39 is 0 Å². The van der Waals surface area contributed by atoms with Crippen LogP contribution in [0.5, 0.6) is 0 Å². The Morgan fingerprint density at radius 2 is 1.92 bits per heavy atom. The molecule has 0 saturated heterocycles. The first-order valence-corrected chi connectivity index (χ1v) is 8.14. The molecule has 0 spiro atoms. The highest BCUT2D eigenvalue weighted by Crippen LogP contribution is 2.19. The van der Waals surface area contributed by atoms with E-state index in [1.54, 1.807) is 18.5 Å². The molecule has 0 atom stereocenters. The number of amides is 1. The van der Waals surface area contributed by atoms with Crippen LogP contribution in [0.15, 0.2) is 53.9 Å². The van der Waals surface area contributed by atoms with Crippen LogP contribution in [-0.2, 0) is 11.3 Å². The van der Waals surface area contributed by atoms with E-state index in [1.807, 2.05) is 30.3 Å². The first kappa shape index (κ1) is 15.9. The Labute approximate surface area is 142 Å². The van der Waals surface area contributed by atoms with Gasteiger partial charge in [0.15, 0.2) is 0 Å². The number of carbonyl (C=O) groups excluding carboxylic acids is 1. The molecule has 0 bridgehead atoms. The van der Waals surface area contributed by atoms with Crippen LogP contribution in [0.4, 0.5) is 0 Å². The van der Waals surface area contributed by atoms with E-state index in [1.165, 1.54) is 16.4 Å². The molecule has 0 saturated carbocycles. The Balaban J connectivity index is 1.55. The van der Waals surface area contributed by atoms with Crippen LogP contribution in [-0.4, -0.2) is 36.5 Å². The molecule has 1 amide bonds. The van der Waals surface area contributed by atoms with Gasteiger partial charge in [0, 0.05) is 12.4 Å². The van der Waals surface area contributed by atoms with Crippen molar-refractivity contribution in [1.29, 1.82) is 0 Å². The van der Waals surface area contributed by atoms with Crippen LogP contribution in [0.3, 0.4) is 0 Å². The zero-order valence-corrected chi connectivity index (χ0v) is 13.5. The summed E-state index contributed by atoms with van der Waals surface area (Å²) >= 11 is 1.21. The second-order valence-electron chi connectivity index (χ2n) is 4.78. The highest BCUT2D eigenvalue weighted by molar-refractivity contribution is 7.99. The van der Waals surface area contributed by atoms with Gasteiger partial charge in [-0.15, -0.1) is 10.2 Å². The third-order valence-electron chi connectivity index (χ3n) is 3.08. The number of hydrogen-bond acceptors (Lipinski definition) is 7. The van der Waals surface area contributed by atoms with Crippen molar-refractivity contribution in [3.63, 3.8) is 0 Å². The van der Waals surface area contributed by atoms with Crippen molar-refractivity contribution in [3.8, 4) is 11.5 Å². The molecule has 0 radical (unpaired) electrons. The van der Waals surface area contributed by atoms with Gasteiger partial charge in [-0.1, -0.05) is 23.9 Å². The fourth-order valence-electron chi connectivity index (χ4n) is 1.92. The van der Waals surface area contributed by atoms with Gasteiger partial charge in [0.2, 0.25) is 16.9 Å². The van der Waals surface area contributed by atoms with Crippen molar-refractivity contribution < 1.29 is 4.79 Å². The van der Waals surface area contributed by atoms with Crippen LogP contribution >= 0.6 is 11.8 Å². The summed E-state index contributed by atoms with van der Waals surface area (Å²) in [6.07, 6.45) is 3.34. The number of hydrogen-bond donors (Lipinski definition) is 2. The van der Waals surface area contributed by atoms with E-state index >= 15 is 0 Å². The molecule has 0 aliphatic heterocycles. The number of nitrogens with two attached hydrogens (primary N) is 1. The first-order chi connectivity index (χ1) is 11.7. The van der Waals surface area contributed by atoms with Crippen LogP contribution in [0.25, 0.3) is 11.5 Å². The van der Waals surface area contributed by atoms with Crippen LogP contribution in [0, 0.1) is 0 Å². The maximum absolute atomic E-state index is 11.9. The molecule has 8 nitrogen and oxygen atoms in total. The first-order valence-electron chi connectivity index (χ1n) is 7.15. The van der Waals surface area contributed by atoms with Gasteiger partial charge in [-0.3, -0.25) is 14.8 Å². The van der Waals surface area contributed by atoms with Crippen molar-refractivity contribution in [1.82, 2.24) is 30.2 Å². The largest absolute Gasteiger partial charge is 0.350 e. The standard InChI is InChI=1S/C15H15N7OS/c16-22-14(12-6-2-4-8-18-12)20-21-15(22)24-10-13(23)19-9-11-5-1-3-7-17-11/h1-8H,9-10,16H2,(H,19,23). The summed E-state index contributed by atoms with van der Waals surface area (Å²) < 4.78 is 1.33. The molecule has 3 N–H and O–H groups in total. The number of carbonyl (C=O) groups is 1. The molecule has 3 rings (SSSR count). The zero-order chi connectivity index (χ0) is 16.8. The minimum Gasteiger partial charge on any atom is -0.350 e. The summed E-state index contributed by atoms with van der Waals surface area (Å²) in [7, 11) is 0. The molecule has 0 aliphatic carbocycles. The number of nitrogens with zero attached hydrogens (tertiary/aromatic N) is 5. The predicted octanol–water partition coefficient (Wildman–Crippen LogP) is 0.857. The van der Waals surface area contributed by atoms with Crippen LogP contribution in [0.1, 0.15) is 5.69 Å². The number of pyridine rings is 2. The molecule has 3 aromatic heterocycles. The van der Waals surface area contributed by atoms with Crippen molar-refractivity contribution >= 4 is 17.7 Å². The van der Waals surface area contributed by atoms with E-state index in [4.69, 9.17) is 5.84 Å². The van der Waals surface area contributed by atoms with E-state index in [0.29, 0.717) is 23.2 Å². The van der Waals surface area contributed by atoms with Gasteiger partial charge < -0.3 is 11.2 Å². The van der Waals surface area contributed by atoms with E-state index in [-0.39, 0.29) is 11.7 Å². The lowest BCUT2D eigenvalue weighted by Gasteiger charge is -2.05. The van der Waals surface area contributed by atoms with Crippen LogP contribution in [0.2, 0.25) is 0 Å². The maximum atomic E-state index is 11.9. The molecule has 9 heteroatoms. The Kier molecular flexibility index (Phi) is 5.02. The lowest BCUT2D eigenvalue weighted by Crippen LogP contribution is -2.25. The third kappa shape index (κ3) is 3.87. The zero-order valence-electron chi connectivity index (χ0n) is 12.7. The normalized spacial score (nSPS) is 10.5. The lowest BCUT2D eigenvalue weighted by molar-refractivity contribution is -0.118. The topological polar surface area (TPSA) is 112 Å². The quantitative estimate of drug-likeness (QED) is 0.505. The van der Waals surface area contributed by atoms with Crippen molar-refractivity contribution in [2.45, 2.75) is 11.7 Å². The highest BCUT2D eigenvalue weighted by atomic mass is 32.2. The van der Waals surface area contributed by atoms with Crippen molar-refractivity contribution in [3.05, 3.63) is 54.5 Å². The Bertz CT molecular complexity index is 807. The summed E-state index contributed by atoms with van der Waals surface area (Å²) in [6, 6.07) is 11.0. The van der Waals surface area contributed by atoms with Crippen molar-refractivity contribution in [2.24, 2.45) is 0 Å². The number of nitrogen functional groups attached to an aromatic ring is 1. The average Bonchev–Trinajstić information content (AvgIpc) is 3.00. The monoisotopic (exact) mass is 341 g/mol. The molecule has 0 fully saturated rings. The summed E-state index contributed by atoms with van der Waals surface area (Å²) in [6.45, 7) is 0.384.